The normalized spacial score (nSPS) is 10.5. The second-order valence-corrected chi connectivity index (χ2v) is 4.41. The molecule has 5 nitrogen and oxygen atoms in total. The van der Waals surface area contributed by atoms with Gasteiger partial charge in [0.2, 0.25) is 4.77 Å². The molecule has 3 N–H and O–H groups in total. The summed E-state index contributed by atoms with van der Waals surface area (Å²) in [4.78, 5) is 0. The van der Waals surface area contributed by atoms with E-state index in [-0.39, 0.29) is 6.61 Å². The first-order chi connectivity index (χ1) is 8.08. The Balaban J connectivity index is 2.15. The summed E-state index contributed by atoms with van der Waals surface area (Å²) in [6.45, 7) is 0.143. The molecule has 0 unspecified atom stereocenters. The fraction of sp³-hybridized carbons (Fsp3) is 0.111. The number of hydrogen-bond acceptors (Lipinski definition) is 4. The number of nitrogens with one attached hydrogen (secondary N) is 1. The van der Waals surface area contributed by atoms with Gasteiger partial charge in [0.1, 0.15) is 12.4 Å². The number of H-pyrrole nitrogens is 1. The fourth-order valence-electron chi connectivity index (χ4n) is 1.17. The molecule has 90 valence electrons. The summed E-state index contributed by atoms with van der Waals surface area (Å²) >= 11 is 16.6. The Bertz CT molecular complexity index is 595. The molecule has 0 spiro atoms. The van der Waals surface area contributed by atoms with Gasteiger partial charge in [-0.15, -0.1) is 0 Å². The van der Waals surface area contributed by atoms with Gasteiger partial charge in [-0.2, -0.15) is 5.10 Å². The third-order valence-corrected chi connectivity index (χ3v) is 2.86. The number of nitrogens with zero attached hydrogens (tertiary/aromatic N) is 2. The number of aromatic nitrogens is 3. The average Bonchev–Trinajstić information content (AvgIpc) is 2.62. The van der Waals surface area contributed by atoms with Crippen LogP contribution in [0, 0.1) is 4.77 Å². The fourth-order valence-corrected chi connectivity index (χ4v) is 1.65. The van der Waals surface area contributed by atoms with Gasteiger partial charge in [0, 0.05) is 11.1 Å². The van der Waals surface area contributed by atoms with E-state index in [1.165, 1.54) is 4.68 Å². The molecule has 17 heavy (non-hydrogen) atoms. The lowest BCUT2D eigenvalue weighted by atomic mass is 10.3. The lowest BCUT2D eigenvalue weighted by molar-refractivity contribution is 0.292. The Morgan fingerprint density at radius 2 is 2.24 bits per heavy atom. The molecule has 2 aromatic rings. The summed E-state index contributed by atoms with van der Waals surface area (Å²) in [5, 5.41) is 7.46. The highest BCUT2D eigenvalue weighted by Gasteiger charge is 2.07. The quantitative estimate of drug-likeness (QED) is 0.673. The Kier molecular flexibility index (Phi) is 3.56. The van der Waals surface area contributed by atoms with Crippen LogP contribution in [0.4, 0.5) is 0 Å². The molecular formula is C9H8Cl2N4OS. The maximum atomic E-state index is 5.94. The summed E-state index contributed by atoms with van der Waals surface area (Å²) in [5.41, 5.74) is 0. The minimum absolute atomic E-state index is 0.143. The highest BCUT2D eigenvalue weighted by Crippen LogP contribution is 2.28. The monoisotopic (exact) mass is 290 g/mol. The molecule has 0 aliphatic rings. The molecule has 1 aromatic heterocycles. The molecule has 0 radical (unpaired) electrons. The average molecular weight is 291 g/mol. The number of rotatable bonds is 3. The number of halogens is 2. The molecule has 0 saturated carbocycles. The Labute approximate surface area is 112 Å². The van der Waals surface area contributed by atoms with Crippen LogP contribution < -0.4 is 10.6 Å². The second-order valence-electron chi connectivity index (χ2n) is 3.18. The molecule has 0 aliphatic carbocycles. The first-order valence-electron chi connectivity index (χ1n) is 4.57. The van der Waals surface area contributed by atoms with Gasteiger partial charge >= 0.3 is 0 Å². The van der Waals surface area contributed by atoms with Crippen LogP contribution in [0.15, 0.2) is 18.2 Å². The standard InChI is InChI=1S/C9H8Cl2N4OS/c10-5-1-2-6(11)7(3-5)16-4-8-13-14-9(17)15(8)12/h1-3H,4,12H2,(H,14,17). The van der Waals surface area contributed by atoms with Crippen LogP contribution in [0.2, 0.25) is 10.0 Å². The SMILES string of the molecule is Nn1c(COc2cc(Cl)ccc2Cl)n[nH]c1=S. The summed E-state index contributed by atoms with van der Waals surface area (Å²) in [5.74, 6) is 6.54. The van der Waals surface area contributed by atoms with E-state index in [1.807, 2.05) is 0 Å². The number of benzene rings is 1. The number of nitrogens with two attached hydrogens (primary N) is 1. The zero-order chi connectivity index (χ0) is 12.4. The third-order valence-electron chi connectivity index (χ3n) is 2.03. The van der Waals surface area contributed by atoms with Crippen LogP contribution in [0.3, 0.4) is 0 Å². The first-order valence-corrected chi connectivity index (χ1v) is 5.73. The molecule has 2 rings (SSSR count). The molecule has 0 atom stereocenters. The zero-order valence-corrected chi connectivity index (χ0v) is 10.8. The van der Waals surface area contributed by atoms with Gasteiger partial charge in [0.25, 0.3) is 0 Å². The van der Waals surface area contributed by atoms with Gasteiger partial charge in [-0.25, -0.2) is 4.68 Å². The first kappa shape index (κ1) is 12.2. The second kappa shape index (κ2) is 4.95. The van der Waals surface area contributed by atoms with E-state index in [2.05, 4.69) is 10.2 Å². The predicted octanol–water partition coefficient (Wildman–Crippen LogP) is 2.54. The van der Waals surface area contributed by atoms with E-state index in [9.17, 15) is 0 Å². The van der Waals surface area contributed by atoms with Gasteiger partial charge < -0.3 is 10.6 Å². The van der Waals surface area contributed by atoms with Crippen molar-refractivity contribution in [3.63, 3.8) is 0 Å². The maximum Gasteiger partial charge on any atom is 0.214 e. The smallest absolute Gasteiger partial charge is 0.214 e. The minimum atomic E-state index is 0.143. The van der Waals surface area contributed by atoms with Crippen molar-refractivity contribution >= 4 is 35.4 Å². The zero-order valence-electron chi connectivity index (χ0n) is 8.48. The molecule has 0 fully saturated rings. The van der Waals surface area contributed by atoms with Crippen LogP contribution in [0.25, 0.3) is 0 Å². The van der Waals surface area contributed by atoms with Crippen LogP contribution >= 0.6 is 35.4 Å². The van der Waals surface area contributed by atoms with E-state index in [0.29, 0.717) is 26.4 Å². The lowest BCUT2D eigenvalue weighted by Gasteiger charge is -2.07. The van der Waals surface area contributed by atoms with Crippen LogP contribution in [0.5, 0.6) is 5.75 Å². The summed E-state index contributed by atoms with van der Waals surface area (Å²) < 4.78 is 7.00. The lowest BCUT2D eigenvalue weighted by Crippen LogP contribution is -2.14. The van der Waals surface area contributed by atoms with Crippen molar-refractivity contribution in [1.82, 2.24) is 14.9 Å². The maximum absolute atomic E-state index is 5.94. The van der Waals surface area contributed by atoms with Gasteiger partial charge in [0.15, 0.2) is 5.82 Å². The summed E-state index contributed by atoms with van der Waals surface area (Å²) in [6, 6.07) is 4.94. The van der Waals surface area contributed by atoms with Gasteiger partial charge in [-0.3, -0.25) is 5.10 Å². The van der Waals surface area contributed by atoms with Gasteiger partial charge in [-0.1, -0.05) is 23.2 Å². The molecule has 0 amide bonds. The molecule has 8 heteroatoms. The number of hydrogen-bond donors (Lipinski definition) is 2. The summed E-state index contributed by atoms with van der Waals surface area (Å²) in [6.07, 6.45) is 0. The summed E-state index contributed by atoms with van der Waals surface area (Å²) in [7, 11) is 0. The van der Waals surface area contributed by atoms with Gasteiger partial charge in [-0.05, 0) is 24.4 Å². The topological polar surface area (TPSA) is 68.9 Å². The van der Waals surface area contributed by atoms with Crippen molar-refractivity contribution < 1.29 is 4.74 Å². The molecule has 0 aliphatic heterocycles. The Morgan fingerprint density at radius 1 is 1.47 bits per heavy atom. The predicted molar refractivity (Wildman–Crippen MR) is 68.4 cm³/mol. The largest absolute Gasteiger partial charge is 0.484 e. The highest BCUT2D eigenvalue weighted by atomic mass is 35.5. The van der Waals surface area contributed by atoms with E-state index in [4.69, 9.17) is 46.0 Å². The number of ether oxygens (including phenoxy) is 1. The third kappa shape index (κ3) is 2.71. The Hall–Kier alpha value is -1.24. The number of nitrogen functional groups attached to an aromatic ring is 1. The van der Waals surface area contributed by atoms with E-state index < -0.39 is 0 Å². The van der Waals surface area contributed by atoms with Crippen molar-refractivity contribution in [3.05, 3.63) is 38.8 Å². The molecule has 1 heterocycles. The van der Waals surface area contributed by atoms with Crippen molar-refractivity contribution in [3.8, 4) is 5.75 Å². The number of aromatic amines is 1. The minimum Gasteiger partial charge on any atom is -0.484 e. The van der Waals surface area contributed by atoms with Crippen LogP contribution in [-0.2, 0) is 6.61 Å². The van der Waals surface area contributed by atoms with Crippen molar-refractivity contribution in [1.29, 1.82) is 0 Å². The Morgan fingerprint density at radius 3 is 2.88 bits per heavy atom. The van der Waals surface area contributed by atoms with Crippen LogP contribution in [-0.4, -0.2) is 14.9 Å². The molecule has 0 saturated heterocycles. The molecule has 0 bridgehead atoms. The van der Waals surface area contributed by atoms with Crippen molar-refractivity contribution in [2.45, 2.75) is 6.61 Å². The highest BCUT2D eigenvalue weighted by molar-refractivity contribution is 7.71. The van der Waals surface area contributed by atoms with E-state index in [1.54, 1.807) is 18.2 Å². The molecule has 1 aromatic carbocycles. The van der Waals surface area contributed by atoms with Gasteiger partial charge in [0.05, 0.1) is 5.02 Å². The van der Waals surface area contributed by atoms with E-state index >= 15 is 0 Å². The van der Waals surface area contributed by atoms with Crippen molar-refractivity contribution in [2.75, 3.05) is 5.84 Å². The van der Waals surface area contributed by atoms with Crippen LogP contribution in [0.1, 0.15) is 5.82 Å². The van der Waals surface area contributed by atoms with Crippen molar-refractivity contribution in [2.24, 2.45) is 0 Å². The molecular weight excluding hydrogens is 283 g/mol. The van der Waals surface area contributed by atoms with E-state index in [0.717, 1.165) is 0 Å².